The molecule has 1 unspecified atom stereocenters. The second-order valence-corrected chi connectivity index (χ2v) is 7.20. The molecule has 0 saturated carbocycles. The van der Waals surface area contributed by atoms with Gasteiger partial charge in [-0.2, -0.15) is 0 Å². The van der Waals surface area contributed by atoms with Crippen LogP contribution >= 0.6 is 0 Å². The molecule has 0 spiro atoms. The molecule has 1 aliphatic heterocycles. The zero-order valence-corrected chi connectivity index (χ0v) is 15.3. The number of fused-ring (bicyclic) bond motifs is 2. The normalized spacial score (nSPS) is 15.7. The summed E-state index contributed by atoms with van der Waals surface area (Å²) < 4.78 is 30.8. The predicted octanol–water partition coefficient (Wildman–Crippen LogP) is 4.92. The lowest BCUT2D eigenvalue weighted by atomic mass is 10.1. The van der Waals surface area contributed by atoms with Crippen molar-refractivity contribution in [3.05, 3.63) is 53.8 Å². The summed E-state index contributed by atoms with van der Waals surface area (Å²) in [5.74, 6) is 0.888. The van der Waals surface area contributed by atoms with Gasteiger partial charge in [0.2, 0.25) is 0 Å². The standard InChI is InChI=1S/C20H22FNO4/c1-20(2,3)26-19(23)22(4)12-18-14-7-5-6-8-15(14)24-17-11-13(21)9-10-16(17)25-18/h5-11,18H,12H2,1-4H3. The van der Waals surface area contributed by atoms with Gasteiger partial charge in [-0.15, -0.1) is 0 Å². The molecular weight excluding hydrogens is 337 g/mol. The van der Waals surface area contributed by atoms with Gasteiger partial charge in [0.15, 0.2) is 11.5 Å². The summed E-state index contributed by atoms with van der Waals surface area (Å²) in [7, 11) is 1.65. The fourth-order valence-electron chi connectivity index (χ4n) is 2.63. The van der Waals surface area contributed by atoms with Crippen LogP contribution in [-0.4, -0.2) is 30.2 Å². The Morgan fingerprint density at radius 3 is 2.62 bits per heavy atom. The maximum absolute atomic E-state index is 13.6. The van der Waals surface area contributed by atoms with Gasteiger partial charge in [-0.05, 0) is 39.0 Å². The highest BCUT2D eigenvalue weighted by molar-refractivity contribution is 5.68. The lowest BCUT2D eigenvalue weighted by molar-refractivity contribution is 0.0227. The van der Waals surface area contributed by atoms with Crippen molar-refractivity contribution in [2.24, 2.45) is 0 Å². The van der Waals surface area contributed by atoms with Crippen LogP contribution in [-0.2, 0) is 4.74 Å². The smallest absolute Gasteiger partial charge is 0.410 e. The monoisotopic (exact) mass is 359 g/mol. The minimum absolute atomic E-state index is 0.256. The molecule has 26 heavy (non-hydrogen) atoms. The summed E-state index contributed by atoms with van der Waals surface area (Å²) in [5.41, 5.74) is 0.195. The number of para-hydroxylation sites is 1. The fourth-order valence-corrected chi connectivity index (χ4v) is 2.63. The van der Waals surface area contributed by atoms with E-state index in [1.165, 1.54) is 23.1 Å². The zero-order chi connectivity index (χ0) is 18.9. The summed E-state index contributed by atoms with van der Waals surface area (Å²) in [6.45, 7) is 5.70. The van der Waals surface area contributed by atoms with Crippen molar-refractivity contribution in [2.75, 3.05) is 13.6 Å². The summed E-state index contributed by atoms with van der Waals surface area (Å²) in [6.07, 6.45) is -0.918. The highest BCUT2D eigenvalue weighted by atomic mass is 19.1. The molecule has 6 heteroatoms. The third-order valence-corrected chi connectivity index (χ3v) is 3.81. The molecule has 1 aliphatic rings. The number of likely N-dealkylation sites (N-methyl/N-ethyl adjacent to an activating group) is 1. The Hall–Kier alpha value is -2.76. The molecule has 3 rings (SSSR count). The Balaban J connectivity index is 1.88. The molecule has 2 aromatic carbocycles. The first-order valence-electron chi connectivity index (χ1n) is 8.40. The van der Waals surface area contributed by atoms with Crippen LogP contribution in [0.5, 0.6) is 17.2 Å². The van der Waals surface area contributed by atoms with E-state index in [-0.39, 0.29) is 6.54 Å². The van der Waals surface area contributed by atoms with Gasteiger partial charge in [0.05, 0.1) is 6.54 Å². The lowest BCUT2D eigenvalue weighted by Crippen LogP contribution is -2.37. The number of rotatable bonds is 2. The first-order valence-corrected chi connectivity index (χ1v) is 8.40. The molecule has 0 aliphatic carbocycles. The van der Waals surface area contributed by atoms with Crippen LogP contribution in [0.15, 0.2) is 42.5 Å². The Kier molecular flexibility index (Phi) is 4.76. The lowest BCUT2D eigenvalue weighted by Gasteiger charge is -2.27. The van der Waals surface area contributed by atoms with Crippen molar-refractivity contribution in [1.29, 1.82) is 0 Å². The van der Waals surface area contributed by atoms with E-state index in [4.69, 9.17) is 14.2 Å². The molecule has 138 valence electrons. The number of benzene rings is 2. The van der Waals surface area contributed by atoms with Crippen LogP contribution in [0.4, 0.5) is 9.18 Å². The Morgan fingerprint density at radius 1 is 1.15 bits per heavy atom. The van der Waals surface area contributed by atoms with E-state index >= 15 is 0 Å². The molecule has 1 amide bonds. The minimum atomic E-state index is -0.583. The van der Waals surface area contributed by atoms with Gasteiger partial charge >= 0.3 is 6.09 Å². The van der Waals surface area contributed by atoms with Gasteiger partial charge in [0.25, 0.3) is 0 Å². The van der Waals surface area contributed by atoms with E-state index in [1.807, 2.05) is 39.0 Å². The maximum atomic E-state index is 13.6. The first-order chi connectivity index (χ1) is 12.2. The van der Waals surface area contributed by atoms with Crippen LogP contribution in [0.25, 0.3) is 0 Å². The van der Waals surface area contributed by atoms with E-state index < -0.39 is 23.6 Å². The number of nitrogens with zero attached hydrogens (tertiary/aromatic N) is 1. The molecule has 0 saturated heterocycles. The SMILES string of the molecule is CN(CC1Oc2ccc(F)cc2Oc2ccccc21)C(=O)OC(C)(C)C. The Morgan fingerprint density at radius 2 is 1.88 bits per heavy atom. The van der Waals surface area contributed by atoms with E-state index in [0.29, 0.717) is 17.2 Å². The maximum Gasteiger partial charge on any atom is 0.410 e. The number of amides is 1. The fraction of sp³-hybridized carbons (Fsp3) is 0.350. The molecule has 2 aromatic rings. The van der Waals surface area contributed by atoms with Gasteiger partial charge in [-0.1, -0.05) is 18.2 Å². The van der Waals surface area contributed by atoms with Crippen LogP contribution < -0.4 is 9.47 Å². The molecular formula is C20H22FNO4. The summed E-state index contributed by atoms with van der Waals surface area (Å²) >= 11 is 0. The van der Waals surface area contributed by atoms with Gasteiger partial charge in [-0.25, -0.2) is 9.18 Å². The quantitative estimate of drug-likeness (QED) is 0.764. The van der Waals surface area contributed by atoms with Crippen molar-refractivity contribution >= 4 is 6.09 Å². The highest BCUT2D eigenvalue weighted by Gasteiger charge is 2.28. The second kappa shape index (κ2) is 6.86. The molecule has 0 radical (unpaired) electrons. The molecule has 1 atom stereocenters. The second-order valence-electron chi connectivity index (χ2n) is 7.20. The number of hydrogen-bond donors (Lipinski definition) is 0. The minimum Gasteiger partial charge on any atom is -0.480 e. The van der Waals surface area contributed by atoms with Crippen molar-refractivity contribution in [1.82, 2.24) is 4.90 Å². The highest BCUT2D eigenvalue weighted by Crippen LogP contribution is 2.42. The van der Waals surface area contributed by atoms with Crippen molar-refractivity contribution < 1.29 is 23.4 Å². The first kappa shape index (κ1) is 18.0. The molecule has 0 N–H and O–H groups in total. The summed E-state index contributed by atoms with van der Waals surface area (Å²) in [6, 6.07) is 11.5. The predicted molar refractivity (Wildman–Crippen MR) is 95.1 cm³/mol. The van der Waals surface area contributed by atoms with E-state index in [9.17, 15) is 9.18 Å². The van der Waals surface area contributed by atoms with Crippen LogP contribution in [0, 0.1) is 5.82 Å². The van der Waals surface area contributed by atoms with Crippen LogP contribution in [0.1, 0.15) is 32.4 Å². The molecule has 1 heterocycles. The summed E-state index contributed by atoms with van der Waals surface area (Å²) in [5, 5.41) is 0. The van der Waals surface area contributed by atoms with Gasteiger partial charge in [0, 0.05) is 18.7 Å². The van der Waals surface area contributed by atoms with Crippen molar-refractivity contribution in [3.8, 4) is 17.2 Å². The van der Waals surface area contributed by atoms with Crippen LogP contribution in [0.3, 0.4) is 0 Å². The third kappa shape index (κ3) is 4.07. The number of ether oxygens (including phenoxy) is 3. The van der Waals surface area contributed by atoms with Gasteiger partial charge < -0.3 is 19.1 Å². The largest absolute Gasteiger partial charge is 0.480 e. The van der Waals surface area contributed by atoms with E-state index in [0.717, 1.165) is 5.56 Å². The average molecular weight is 359 g/mol. The number of carbonyl (C=O) groups excluding carboxylic acids is 1. The third-order valence-electron chi connectivity index (χ3n) is 3.81. The summed E-state index contributed by atoms with van der Waals surface area (Å²) in [4.78, 5) is 13.7. The van der Waals surface area contributed by atoms with E-state index in [2.05, 4.69) is 0 Å². The van der Waals surface area contributed by atoms with Crippen LogP contribution in [0.2, 0.25) is 0 Å². The van der Waals surface area contributed by atoms with Gasteiger partial charge in [-0.3, -0.25) is 0 Å². The zero-order valence-electron chi connectivity index (χ0n) is 15.3. The van der Waals surface area contributed by atoms with Crippen molar-refractivity contribution in [2.45, 2.75) is 32.5 Å². The number of halogens is 1. The average Bonchev–Trinajstić information content (AvgIpc) is 2.69. The van der Waals surface area contributed by atoms with Gasteiger partial charge in [0.1, 0.15) is 23.3 Å². The number of hydrogen-bond acceptors (Lipinski definition) is 4. The van der Waals surface area contributed by atoms with E-state index in [1.54, 1.807) is 13.1 Å². The topological polar surface area (TPSA) is 48.0 Å². The Labute approximate surface area is 152 Å². The molecule has 0 fully saturated rings. The van der Waals surface area contributed by atoms with Crippen molar-refractivity contribution in [3.63, 3.8) is 0 Å². The number of carbonyl (C=O) groups is 1. The molecule has 5 nitrogen and oxygen atoms in total. The molecule has 0 bridgehead atoms. The Bertz CT molecular complexity index is 816. The molecule has 0 aromatic heterocycles.